The molecule has 3 aliphatic heterocycles. The zero-order chi connectivity index (χ0) is 23.9. The van der Waals surface area contributed by atoms with Gasteiger partial charge in [-0.2, -0.15) is 5.26 Å². The lowest BCUT2D eigenvalue weighted by Crippen LogP contribution is -2.47. The topological polar surface area (TPSA) is 89.7 Å². The highest BCUT2D eigenvalue weighted by Gasteiger charge is 2.38. The molecule has 1 atom stereocenters. The fourth-order valence-corrected chi connectivity index (χ4v) is 5.83. The predicted molar refractivity (Wildman–Crippen MR) is 135 cm³/mol. The number of cyclic esters (lactones) is 1. The number of ether oxygens (including phenoxy) is 1. The summed E-state index contributed by atoms with van der Waals surface area (Å²) in [5.41, 5.74) is 5.23. The van der Waals surface area contributed by atoms with E-state index in [0.29, 0.717) is 29.7 Å². The molecule has 7 nitrogen and oxygen atoms in total. The number of aliphatic hydroxyl groups is 1. The second-order valence-electron chi connectivity index (χ2n) is 10.1. The fraction of sp³-hybridized carbons (Fsp3) is 0.536. The average Bonchev–Trinajstić information content (AvgIpc) is 3.23. The van der Waals surface area contributed by atoms with E-state index in [1.807, 2.05) is 32.0 Å². The standard InChI is InChI=1S/C27H32N4O3.CH4/c1-18-21(4-5-22-23(18)17-34-26(22)33)24(32)16-30-11-7-27(8-12-30)9-13-31(14-10-27)25-6-3-20(15-28)19(2)29-25;/h3-6,24,32H,7-14,16-17H2,1-2H3;1H4. The van der Waals surface area contributed by atoms with Crippen molar-refractivity contribution in [1.82, 2.24) is 9.88 Å². The Hall–Kier alpha value is -2.95. The molecule has 0 aliphatic carbocycles. The number of esters is 1. The second-order valence-corrected chi connectivity index (χ2v) is 10.1. The maximum absolute atomic E-state index is 11.8. The van der Waals surface area contributed by atoms with Crippen LogP contribution in [0.3, 0.4) is 0 Å². The fourth-order valence-electron chi connectivity index (χ4n) is 5.83. The van der Waals surface area contributed by atoms with Crippen molar-refractivity contribution in [3.63, 3.8) is 0 Å². The van der Waals surface area contributed by atoms with Gasteiger partial charge in [0.2, 0.25) is 0 Å². The van der Waals surface area contributed by atoms with Gasteiger partial charge in [0.1, 0.15) is 18.5 Å². The first-order valence-corrected chi connectivity index (χ1v) is 12.2. The maximum Gasteiger partial charge on any atom is 0.338 e. The number of hydrogen-bond donors (Lipinski definition) is 1. The van der Waals surface area contributed by atoms with Gasteiger partial charge in [0.05, 0.1) is 22.9 Å². The Balaban J connectivity index is 0.00000289. The molecule has 5 rings (SSSR count). The van der Waals surface area contributed by atoms with Gasteiger partial charge in [-0.1, -0.05) is 13.5 Å². The Bertz CT molecular complexity index is 1140. The van der Waals surface area contributed by atoms with Crippen LogP contribution in [-0.4, -0.2) is 53.7 Å². The van der Waals surface area contributed by atoms with Gasteiger partial charge in [0.25, 0.3) is 0 Å². The smallest absolute Gasteiger partial charge is 0.338 e. The van der Waals surface area contributed by atoms with E-state index in [4.69, 9.17) is 10.00 Å². The Morgan fingerprint density at radius 3 is 2.46 bits per heavy atom. The van der Waals surface area contributed by atoms with Crippen molar-refractivity contribution < 1.29 is 14.6 Å². The molecule has 186 valence electrons. The number of likely N-dealkylation sites (tertiary alicyclic amines) is 1. The number of piperidine rings is 2. The lowest BCUT2D eigenvalue weighted by molar-refractivity contribution is 0.0447. The van der Waals surface area contributed by atoms with Gasteiger partial charge in [0.15, 0.2) is 0 Å². The first-order valence-electron chi connectivity index (χ1n) is 12.2. The van der Waals surface area contributed by atoms with Crippen molar-refractivity contribution in [3.8, 4) is 6.07 Å². The first-order chi connectivity index (χ1) is 16.4. The largest absolute Gasteiger partial charge is 0.457 e. The molecular weight excluding hydrogens is 440 g/mol. The van der Waals surface area contributed by atoms with Crippen molar-refractivity contribution >= 4 is 11.8 Å². The summed E-state index contributed by atoms with van der Waals surface area (Å²) in [5.74, 6) is 0.709. The third-order valence-electron chi connectivity index (χ3n) is 8.25. The summed E-state index contributed by atoms with van der Waals surface area (Å²) in [7, 11) is 0. The molecule has 35 heavy (non-hydrogen) atoms. The molecular formula is C28H36N4O3. The number of aromatic nitrogens is 1. The van der Waals surface area contributed by atoms with E-state index in [-0.39, 0.29) is 13.4 Å². The SMILES string of the molecule is C.Cc1nc(N2CCC3(CCN(CC(O)c4ccc5c(c4C)COC5=O)CC3)CC2)ccc1C#N. The van der Waals surface area contributed by atoms with Crippen LogP contribution in [0.25, 0.3) is 0 Å². The quantitative estimate of drug-likeness (QED) is 0.658. The van der Waals surface area contributed by atoms with Gasteiger partial charge < -0.3 is 19.6 Å². The molecule has 3 aliphatic rings. The van der Waals surface area contributed by atoms with Crippen LogP contribution in [0.4, 0.5) is 5.82 Å². The van der Waals surface area contributed by atoms with Crippen LogP contribution in [0, 0.1) is 30.6 Å². The molecule has 2 saturated heterocycles. The first kappa shape index (κ1) is 25.2. The molecule has 1 aromatic heterocycles. The Labute approximate surface area is 208 Å². The van der Waals surface area contributed by atoms with Gasteiger partial charge >= 0.3 is 5.97 Å². The number of carbonyl (C=O) groups excluding carboxylic acids is 1. The molecule has 2 fully saturated rings. The number of nitrogens with zero attached hydrogens (tertiary/aromatic N) is 4. The molecule has 1 aromatic carbocycles. The summed E-state index contributed by atoms with van der Waals surface area (Å²) in [6.07, 6.45) is 4.05. The number of nitriles is 1. The molecule has 2 aromatic rings. The minimum Gasteiger partial charge on any atom is -0.457 e. The molecule has 0 saturated carbocycles. The van der Waals surface area contributed by atoms with E-state index in [0.717, 1.165) is 80.1 Å². The van der Waals surface area contributed by atoms with Crippen molar-refractivity contribution in [1.29, 1.82) is 5.26 Å². The highest BCUT2D eigenvalue weighted by molar-refractivity contribution is 5.93. The molecule has 7 heteroatoms. The third kappa shape index (κ3) is 4.78. The number of hydrogen-bond acceptors (Lipinski definition) is 7. The van der Waals surface area contributed by atoms with Crippen LogP contribution in [0.5, 0.6) is 0 Å². The van der Waals surface area contributed by atoms with Gasteiger partial charge in [-0.15, -0.1) is 0 Å². The number of aryl methyl sites for hydroxylation is 1. The molecule has 1 N–H and O–H groups in total. The monoisotopic (exact) mass is 476 g/mol. The van der Waals surface area contributed by atoms with Gasteiger partial charge in [-0.05, 0) is 87.4 Å². The van der Waals surface area contributed by atoms with Gasteiger partial charge in [0, 0.05) is 25.2 Å². The summed E-state index contributed by atoms with van der Waals surface area (Å²) in [6.45, 7) is 8.78. The van der Waals surface area contributed by atoms with E-state index in [1.54, 1.807) is 6.07 Å². The Morgan fingerprint density at radius 2 is 1.80 bits per heavy atom. The number of carbonyl (C=O) groups is 1. The highest BCUT2D eigenvalue weighted by atomic mass is 16.5. The van der Waals surface area contributed by atoms with Crippen molar-refractivity contribution in [2.75, 3.05) is 37.6 Å². The number of rotatable bonds is 4. The molecule has 0 bridgehead atoms. The number of benzene rings is 1. The van der Waals surface area contributed by atoms with Crippen molar-refractivity contribution in [2.24, 2.45) is 5.41 Å². The second kappa shape index (κ2) is 9.96. The van der Waals surface area contributed by atoms with Crippen LogP contribution in [-0.2, 0) is 11.3 Å². The number of β-amino-alcohol motifs (C(OH)–C–C–N with tert-alkyl or cyclic N) is 1. The molecule has 0 amide bonds. The number of anilines is 1. The van der Waals surface area contributed by atoms with E-state index >= 15 is 0 Å². The zero-order valence-corrected chi connectivity index (χ0v) is 20.0. The van der Waals surface area contributed by atoms with Crippen LogP contribution >= 0.6 is 0 Å². The minimum atomic E-state index is -0.567. The van der Waals surface area contributed by atoms with E-state index in [9.17, 15) is 9.90 Å². The molecule has 1 unspecified atom stereocenters. The summed E-state index contributed by atoms with van der Waals surface area (Å²) < 4.78 is 5.15. The summed E-state index contributed by atoms with van der Waals surface area (Å²) in [4.78, 5) is 21.2. The normalized spacial score (nSPS) is 20.1. The van der Waals surface area contributed by atoms with E-state index in [2.05, 4.69) is 20.9 Å². The Kier molecular flexibility index (Phi) is 7.16. The maximum atomic E-state index is 11.8. The zero-order valence-electron chi connectivity index (χ0n) is 20.0. The minimum absolute atomic E-state index is 0. The van der Waals surface area contributed by atoms with Crippen molar-refractivity contribution in [2.45, 2.75) is 59.7 Å². The molecule has 0 radical (unpaired) electrons. The summed E-state index contributed by atoms with van der Waals surface area (Å²) in [5, 5.41) is 20.1. The van der Waals surface area contributed by atoms with Gasteiger partial charge in [-0.3, -0.25) is 0 Å². The summed E-state index contributed by atoms with van der Waals surface area (Å²) in [6, 6.07) is 9.71. The lowest BCUT2D eigenvalue weighted by atomic mass is 9.71. The Morgan fingerprint density at radius 1 is 1.11 bits per heavy atom. The van der Waals surface area contributed by atoms with E-state index in [1.165, 1.54) is 0 Å². The summed E-state index contributed by atoms with van der Waals surface area (Å²) >= 11 is 0. The molecule has 4 heterocycles. The number of aliphatic hydroxyl groups excluding tert-OH is 1. The van der Waals surface area contributed by atoms with Crippen LogP contribution in [0.2, 0.25) is 0 Å². The number of fused-ring (bicyclic) bond motifs is 1. The van der Waals surface area contributed by atoms with Crippen LogP contribution in [0.15, 0.2) is 24.3 Å². The predicted octanol–water partition coefficient (Wildman–Crippen LogP) is 4.29. The highest BCUT2D eigenvalue weighted by Crippen LogP contribution is 2.42. The lowest BCUT2D eigenvalue weighted by Gasteiger charge is -2.47. The van der Waals surface area contributed by atoms with Gasteiger partial charge in [-0.25, -0.2) is 9.78 Å². The van der Waals surface area contributed by atoms with Crippen LogP contribution in [0.1, 0.15) is 77.5 Å². The third-order valence-corrected chi connectivity index (χ3v) is 8.25. The average molecular weight is 477 g/mol. The van der Waals surface area contributed by atoms with Crippen LogP contribution < -0.4 is 4.90 Å². The van der Waals surface area contributed by atoms with E-state index < -0.39 is 6.10 Å². The number of pyridine rings is 1. The van der Waals surface area contributed by atoms with Crippen molar-refractivity contribution in [3.05, 3.63) is 57.8 Å². The molecule has 1 spiro atoms.